The second kappa shape index (κ2) is 6.56. The van der Waals surface area contributed by atoms with Crippen molar-refractivity contribution in [3.05, 3.63) is 24.3 Å². The molecule has 0 aliphatic carbocycles. The molecule has 0 aromatic heterocycles. The number of nitrogens with one attached hydrogen (secondary N) is 2. The highest BCUT2D eigenvalue weighted by Crippen LogP contribution is 2.26. The molecule has 1 aromatic rings. The number of morpholine rings is 1. The molecule has 1 saturated heterocycles. The van der Waals surface area contributed by atoms with Gasteiger partial charge in [0.05, 0.1) is 24.6 Å². The molecule has 0 unspecified atom stereocenters. The summed E-state index contributed by atoms with van der Waals surface area (Å²) < 4.78 is 5.38. The van der Waals surface area contributed by atoms with Crippen molar-refractivity contribution in [2.24, 2.45) is 0 Å². The number of anilines is 2. The second-order valence-corrected chi connectivity index (χ2v) is 4.51. The van der Waals surface area contributed by atoms with Gasteiger partial charge in [-0.1, -0.05) is 12.1 Å². The zero-order valence-electron chi connectivity index (χ0n) is 10.6. The van der Waals surface area contributed by atoms with E-state index in [2.05, 4.69) is 27.7 Å². The summed E-state index contributed by atoms with van der Waals surface area (Å²) in [6, 6.07) is 8.23. The van der Waals surface area contributed by atoms with Crippen LogP contribution in [0.4, 0.5) is 11.4 Å². The largest absolute Gasteiger partial charge is 0.378 e. The zero-order valence-corrected chi connectivity index (χ0v) is 11.4. The van der Waals surface area contributed by atoms with Gasteiger partial charge in [0.1, 0.15) is 0 Å². The Hall–Kier alpha value is -1.33. The van der Waals surface area contributed by atoms with E-state index in [1.807, 2.05) is 19.1 Å². The lowest BCUT2D eigenvalue weighted by atomic mass is 10.2. The van der Waals surface area contributed by atoms with Gasteiger partial charge >= 0.3 is 0 Å². The van der Waals surface area contributed by atoms with Gasteiger partial charge in [0.15, 0.2) is 5.11 Å². The molecule has 1 fully saturated rings. The van der Waals surface area contributed by atoms with Crippen LogP contribution in [0, 0.1) is 0 Å². The molecule has 0 amide bonds. The fourth-order valence-electron chi connectivity index (χ4n) is 1.99. The van der Waals surface area contributed by atoms with Crippen molar-refractivity contribution in [2.75, 3.05) is 43.1 Å². The van der Waals surface area contributed by atoms with Crippen LogP contribution in [-0.2, 0) is 4.74 Å². The zero-order chi connectivity index (χ0) is 12.8. The Morgan fingerprint density at radius 3 is 2.78 bits per heavy atom. The molecule has 1 heterocycles. The van der Waals surface area contributed by atoms with Crippen LogP contribution in [0.2, 0.25) is 0 Å². The quantitative estimate of drug-likeness (QED) is 0.816. The molecule has 4 nitrogen and oxygen atoms in total. The number of benzene rings is 1. The van der Waals surface area contributed by atoms with Gasteiger partial charge in [-0.25, -0.2) is 0 Å². The van der Waals surface area contributed by atoms with E-state index in [0.717, 1.165) is 38.5 Å². The van der Waals surface area contributed by atoms with Crippen LogP contribution in [0.1, 0.15) is 6.92 Å². The average Bonchev–Trinajstić information content (AvgIpc) is 2.40. The molecular formula is C13H19N3OS. The molecule has 1 aromatic carbocycles. The lowest BCUT2D eigenvalue weighted by molar-refractivity contribution is 0.123. The molecule has 0 bridgehead atoms. The van der Waals surface area contributed by atoms with Crippen LogP contribution in [0.15, 0.2) is 24.3 Å². The van der Waals surface area contributed by atoms with Gasteiger partial charge in [0, 0.05) is 19.6 Å². The van der Waals surface area contributed by atoms with Crippen molar-refractivity contribution in [1.82, 2.24) is 5.32 Å². The molecule has 2 N–H and O–H groups in total. The summed E-state index contributed by atoms with van der Waals surface area (Å²) in [5.74, 6) is 0. The second-order valence-electron chi connectivity index (χ2n) is 4.10. The molecule has 18 heavy (non-hydrogen) atoms. The van der Waals surface area contributed by atoms with Crippen molar-refractivity contribution in [1.29, 1.82) is 0 Å². The molecule has 5 heteroatoms. The smallest absolute Gasteiger partial charge is 0.170 e. The Balaban J connectivity index is 2.11. The summed E-state index contributed by atoms with van der Waals surface area (Å²) in [6.45, 7) is 6.27. The average molecular weight is 265 g/mol. The van der Waals surface area contributed by atoms with E-state index in [4.69, 9.17) is 17.0 Å². The molecule has 98 valence electrons. The number of para-hydroxylation sites is 2. The fourth-order valence-corrected chi connectivity index (χ4v) is 2.24. The van der Waals surface area contributed by atoms with Crippen molar-refractivity contribution in [2.45, 2.75) is 6.92 Å². The van der Waals surface area contributed by atoms with Crippen molar-refractivity contribution < 1.29 is 4.74 Å². The molecule has 2 rings (SSSR count). The van der Waals surface area contributed by atoms with E-state index in [0.29, 0.717) is 5.11 Å². The van der Waals surface area contributed by atoms with Gasteiger partial charge in [-0.2, -0.15) is 0 Å². The van der Waals surface area contributed by atoms with E-state index in [1.165, 1.54) is 5.69 Å². The fraction of sp³-hybridized carbons (Fsp3) is 0.462. The normalized spacial score (nSPS) is 15.3. The number of hydrogen-bond donors (Lipinski definition) is 2. The summed E-state index contributed by atoms with van der Waals surface area (Å²) >= 11 is 5.23. The Morgan fingerprint density at radius 2 is 2.06 bits per heavy atom. The first-order chi connectivity index (χ1) is 8.81. The Morgan fingerprint density at radius 1 is 1.33 bits per heavy atom. The molecule has 0 saturated carbocycles. The third-order valence-corrected chi connectivity index (χ3v) is 3.09. The third kappa shape index (κ3) is 3.34. The van der Waals surface area contributed by atoms with Gasteiger partial charge in [0.2, 0.25) is 0 Å². The van der Waals surface area contributed by atoms with Crippen LogP contribution in [0.25, 0.3) is 0 Å². The summed E-state index contributed by atoms with van der Waals surface area (Å²) in [6.07, 6.45) is 0. The molecule has 0 atom stereocenters. The van der Waals surface area contributed by atoms with Gasteiger partial charge < -0.3 is 20.3 Å². The van der Waals surface area contributed by atoms with Crippen molar-refractivity contribution >= 4 is 28.7 Å². The highest BCUT2D eigenvalue weighted by atomic mass is 32.1. The molecule has 0 radical (unpaired) electrons. The van der Waals surface area contributed by atoms with Gasteiger partial charge in [-0.05, 0) is 31.3 Å². The van der Waals surface area contributed by atoms with Crippen molar-refractivity contribution in [3.8, 4) is 0 Å². The van der Waals surface area contributed by atoms with Gasteiger partial charge in [-0.15, -0.1) is 0 Å². The molecule has 1 aliphatic heterocycles. The predicted molar refractivity (Wildman–Crippen MR) is 79.4 cm³/mol. The molecule has 0 spiro atoms. The first kappa shape index (κ1) is 13.1. The van der Waals surface area contributed by atoms with Gasteiger partial charge in [-0.3, -0.25) is 0 Å². The van der Waals surface area contributed by atoms with Crippen LogP contribution in [-0.4, -0.2) is 38.0 Å². The number of rotatable bonds is 3. The van der Waals surface area contributed by atoms with Crippen LogP contribution < -0.4 is 15.5 Å². The van der Waals surface area contributed by atoms with Crippen LogP contribution in [0.3, 0.4) is 0 Å². The summed E-state index contributed by atoms with van der Waals surface area (Å²) in [4.78, 5) is 2.32. The van der Waals surface area contributed by atoms with E-state index in [-0.39, 0.29) is 0 Å². The Bertz CT molecular complexity index is 405. The number of thiocarbonyl (C=S) groups is 1. The minimum absolute atomic E-state index is 0.665. The Labute approximate surface area is 113 Å². The van der Waals surface area contributed by atoms with E-state index in [9.17, 15) is 0 Å². The Kier molecular flexibility index (Phi) is 4.78. The minimum Gasteiger partial charge on any atom is -0.378 e. The van der Waals surface area contributed by atoms with Gasteiger partial charge in [0.25, 0.3) is 0 Å². The minimum atomic E-state index is 0.665. The van der Waals surface area contributed by atoms with E-state index >= 15 is 0 Å². The monoisotopic (exact) mass is 265 g/mol. The maximum Gasteiger partial charge on any atom is 0.170 e. The maximum absolute atomic E-state index is 5.38. The first-order valence-corrected chi connectivity index (χ1v) is 6.68. The highest BCUT2D eigenvalue weighted by Gasteiger charge is 2.14. The van der Waals surface area contributed by atoms with Crippen LogP contribution >= 0.6 is 12.2 Å². The lowest BCUT2D eigenvalue weighted by Crippen LogP contribution is -2.37. The molecular weight excluding hydrogens is 246 g/mol. The van der Waals surface area contributed by atoms with E-state index < -0.39 is 0 Å². The number of hydrogen-bond acceptors (Lipinski definition) is 3. The standard InChI is InChI=1S/C13H19N3OS/c1-2-14-13(18)15-11-5-3-4-6-12(11)16-7-9-17-10-8-16/h3-6H,2,7-10H2,1H3,(H2,14,15,18). The van der Waals surface area contributed by atoms with E-state index in [1.54, 1.807) is 0 Å². The summed E-state index contributed by atoms with van der Waals surface area (Å²) in [5, 5.41) is 7.01. The molecule has 1 aliphatic rings. The number of nitrogens with zero attached hydrogens (tertiary/aromatic N) is 1. The third-order valence-electron chi connectivity index (χ3n) is 2.84. The number of ether oxygens (including phenoxy) is 1. The lowest BCUT2D eigenvalue weighted by Gasteiger charge is -2.30. The van der Waals surface area contributed by atoms with Crippen molar-refractivity contribution in [3.63, 3.8) is 0 Å². The topological polar surface area (TPSA) is 36.5 Å². The van der Waals surface area contributed by atoms with Crippen LogP contribution in [0.5, 0.6) is 0 Å². The first-order valence-electron chi connectivity index (χ1n) is 6.28. The summed E-state index contributed by atoms with van der Waals surface area (Å²) in [5.41, 5.74) is 2.23. The SMILES string of the molecule is CCNC(=S)Nc1ccccc1N1CCOCC1. The maximum atomic E-state index is 5.38. The predicted octanol–water partition coefficient (Wildman–Crippen LogP) is 1.83. The highest BCUT2D eigenvalue weighted by molar-refractivity contribution is 7.80. The summed E-state index contributed by atoms with van der Waals surface area (Å²) in [7, 11) is 0.